The number of thioether (sulfide) groups is 1. The van der Waals surface area contributed by atoms with E-state index in [1.54, 1.807) is 0 Å². The number of rotatable bonds is 3. The summed E-state index contributed by atoms with van der Waals surface area (Å²) in [5.74, 6) is 1.20. The van der Waals surface area contributed by atoms with Crippen LogP contribution in [0, 0.1) is 5.41 Å². The third kappa shape index (κ3) is 4.12. The highest BCUT2D eigenvalue weighted by atomic mass is 32.2. The Morgan fingerprint density at radius 2 is 2.16 bits per heavy atom. The first-order valence-electron chi connectivity index (χ1n) is 7.68. The summed E-state index contributed by atoms with van der Waals surface area (Å²) in [5, 5.41) is 4.82. The van der Waals surface area contributed by atoms with Gasteiger partial charge in [0.25, 0.3) is 0 Å². The minimum absolute atomic E-state index is 0.324. The molecule has 110 valence electrons. The van der Waals surface area contributed by atoms with Crippen LogP contribution >= 0.6 is 11.8 Å². The molecule has 0 amide bonds. The average molecular weight is 283 g/mol. The third-order valence-corrected chi connectivity index (χ3v) is 5.30. The van der Waals surface area contributed by atoms with E-state index in [0.717, 1.165) is 6.54 Å². The lowest BCUT2D eigenvalue weighted by molar-refractivity contribution is 0.272. The molecule has 0 radical (unpaired) electrons. The largest absolute Gasteiger partial charge is 0.362 e. The fourth-order valence-electron chi connectivity index (χ4n) is 2.98. The lowest BCUT2D eigenvalue weighted by Gasteiger charge is -2.35. The van der Waals surface area contributed by atoms with Crippen LogP contribution in [0.1, 0.15) is 47.0 Å². The van der Waals surface area contributed by atoms with Crippen LogP contribution in [0.15, 0.2) is 4.99 Å². The van der Waals surface area contributed by atoms with E-state index in [-0.39, 0.29) is 0 Å². The molecular formula is C15H29N3S. The van der Waals surface area contributed by atoms with Crippen LogP contribution in [-0.4, -0.2) is 47.5 Å². The van der Waals surface area contributed by atoms with Crippen LogP contribution in [0.3, 0.4) is 0 Å². The van der Waals surface area contributed by atoms with Gasteiger partial charge in [-0.05, 0) is 37.8 Å². The highest BCUT2D eigenvalue weighted by Crippen LogP contribution is 2.27. The lowest BCUT2D eigenvalue weighted by atomic mass is 9.85. The average Bonchev–Trinajstić information content (AvgIpc) is 2.83. The first kappa shape index (κ1) is 15.2. The van der Waals surface area contributed by atoms with Crippen LogP contribution in [0.2, 0.25) is 0 Å². The van der Waals surface area contributed by atoms with Crippen molar-refractivity contribution >= 4 is 16.9 Å². The van der Waals surface area contributed by atoms with Crippen molar-refractivity contribution in [1.82, 2.24) is 10.2 Å². The second-order valence-electron chi connectivity index (χ2n) is 6.77. The molecule has 19 heavy (non-hydrogen) atoms. The Morgan fingerprint density at radius 1 is 1.37 bits per heavy atom. The number of nitrogens with one attached hydrogen (secondary N) is 1. The zero-order chi connectivity index (χ0) is 13.9. The van der Waals surface area contributed by atoms with E-state index in [2.05, 4.69) is 37.9 Å². The van der Waals surface area contributed by atoms with Gasteiger partial charge in [-0.15, -0.1) is 0 Å². The van der Waals surface area contributed by atoms with Crippen molar-refractivity contribution in [2.24, 2.45) is 10.4 Å². The van der Waals surface area contributed by atoms with Gasteiger partial charge >= 0.3 is 0 Å². The first-order valence-corrected chi connectivity index (χ1v) is 8.67. The Labute approximate surface area is 122 Å². The highest BCUT2D eigenvalue weighted by molar-refractivity contribution is 8.13. The molecule has 0 saturated carbocycles. The quantitative estimate of drug-likeness (QED) is 0.863. The fourth-order valence-corrected chi connectivity index (χ4v) is 3.92. The Bertz CT molecular complexity index is 322. The summed E-state index contributed by atoms with van der Waals surface area (Å²) < 4.78 is 0. The van der Waals surface area contributed by atoms with Crippen LogP contribution < -0.4 is 5.32 Å². The Morgan fingerprint density at radius 3 is 2.84 bits per heavy atom. The number of likely N-dealkylation sites (tertiary alicyclic amines) is 1. The molecule has 3 nitrogen and oxygen atoms in total. The van der Waals surface area contributed by atoms with Crippen molar-refractivity contribution in [3.63, 3.8) is 0 Å². The van der Waals surface area contributed by atoms with E-state index in [1.807, 2.05) is 11.8 Å². The SMILES string of the molecule is CCN1CCCC1CN=C1NC(C(C)(C)C)CCS1. The number of likely N-dealkylation sites (N-methyl/N-ethyl adjacent to an activating group) is 1. The molecule has 0 aliphatic carbocycles. The summed E-state index contributed by atoms with van der Waals surface area (Å²) in [7, 11) is 0. The Kier molecular flexibility index (Phi) is 5.18. The maximum absolute atomic E-state index is 4.85. The standard InChI is InChI=1S/C15H29N3S/c1-5-18-9-6-7-12(18)11-16-14-17-13(8-10-19-14)15(2,3)4/h12-13H,5-11H2,1-4H3,(H,16,17). The van der Waals surface area contributed by atoms with Crippen LogP contribution in [0.25, 0.3) is 0 Å². The molecule has 2 aliphatic heterocycles. The molecule has 4 heteroatoms. The van der Waals surface area contributed by atoms with Crippen LogP contribution in [0.5, 0.6) is 0 Å². The lowest BCUT2D eigenvalue weighted by Crippen LogP contribution is -2.46. The monoisotopic (exact) mass is 283 g/mol. The highest BCUT2D eigenvalue weighted by Gasteiger charge is 2.29. The third-order valence-electron chi connectivity index (χ3n) is 4.34. The predicted molar refractivity (Wildman–Crippen MR) is 86.0 cm³/mol. The number of hydrogen-bond acceptors (Lipinski definition) is 3. The summed E-state index contributed by atoms with van der Waals surface area (Å²) >= 11 is 1.90. The normalized spacial score (nSPS) is 31.7. The van der Waals surface area contributed by atoms with Gasteiger partial charge in [0, 0.05) is 17.8 Å². The molecule has 0 spiro atoms. The van der Waals surface area contributed by atoms with Gasteiger partial charge in [-0.1, -0.05) is 39.5 Å². The molecule has 2 fully saturated rings. The topological polar surface area (TPSA) is 27.6 Å². The summed E-state index contributed by atoms with van der Waals surface area (Å²) in [6.07, 6.45) is 3.91. The van der Waals surface area contributed by atoms with Gasteiger partial charge in [0.15, 0.2) is 5.17 Å². The van der Waals surface area contributed by atoms with E-state index >= 15 is 0 Å². The zero-order valence-corrected chi connectivity index (χ0v) is 13.7. The number of aliphatic imine (C=N–C) groups is 1. The van der Waals surface area contributed by atoms with Crippen LogP contribution in [0.4, 0.5) is 0 Å². The first-order chi connectivity index (χ1) is 9.00. The summed E-state index contributed by atoms with van der Waals surface area (Å²) in [6, 6.07) is 1.24. The van der Waals surface area contributed by atoms with Gasteiger partial charge in [-0.2, -0.15) is 0 Å². The zero-order valence-electron chi connectivity index (χ0n) is 12.9. The molecule has 2 atom stereocenters. The van der Waals surface area contributed by atoms with Crippen molar-refractivity contribution in [3.05, 3.63) is 0 Å². The molecule has 2 heterocycles. The minimum atomic E-state index is 0.324. The Balaban J connectivity index is 1.88. The van der Waals surface area contributed by atoms with Gasteiger partial charge < -0.3 is 5.32 Å². The molecule has 0 aromatic heterocycles. The second kappa shape index (κ2) is 6.49. The molecule has 2 aliphatic rings. The molecule has 1 N–H and O–H groups in total. The van der Waals surface area contributed by atoms with Gasteiger partial charge in [0.1, 0.15) is 0 Å². The maximum atomic E-state index is 4.85. The van der Waals surface area contributed by atoms with Crippen molar-refractivity contribution in [3.8, 4) is 0 Å². The molecule has 2 unspecified atom stereocenters. The van der Waals surface area contributed by atoms with Gasteiger partial charge in [-0.25, -0.2) is 0 Å². The van der Waals surface area contributed by atoms with E-state index in [1.165, 1.54) is 43.3 Å². The maximum Gasteiger partial charge on any atom is 0.156 e. The number of hydrogen-bond donors (Lipinski definition) is 1. The molecule has 2 saturated heterocycles. The van der Waals surface area contributed by atoms with Crippen molar-refractivity contribution in [1.29, 1.82) is 0 Å². The van der Waals surface area contributed by atoms with Crippen molar-refractivity contribution < 1.29 is 0 Å². The van der Waals surface area contributed by atoms with Gasteiger partial charge in [0.05, 0.1) is 6.54 Å². The van der Waals surface area contributed by atoms with Crippen LogP contribution in [-0.2, 0) is 0 Å². The Hall–Kier alpha value is -0.220. The van der Waals surface area contributed by atoms with Crippen molar-refractivity contribution in [2.45, 2.75) is 59.0 Å². The fraction of sp³-hybridized carbons (Fsp3) is 0.933. The van der Waals surface area contributed by atoms with Crippen molar-refractivity contribution in [2.75, 3.05) is 25.4 Å². The molecular weight excluding hydrogens is 254 g/mol. The minimum Gasteiger partial charge on any atom is -0.362 e. The number of amidine groups is 1. The van der Waals surface area contributed by atoms with E-state index < -0.39 is 0 Å². The predicted octanol–water partition coefficient (Wildman–Crippen LogP) is 2.97. The molecule has 2 rings (SSSR count). The number of nitrogens with zero attached hydrogens (tertiary/aromatic N) is 2. The summed E-state index contributed by atoms with van der Waals surface area (Å²) in [4.78, 5) is 7.42. The van der Waals surface area contributed by atoms with E-state index in [9.17, 15) is 0 Å². The summed E-state index contributed by atoms with van der Waals surface area (Å²) in [6.45, 7) is 12.6. The van der Waals surface area contributed by atoms with Gasteiger partial charge in [-0.3, -0.25) is 9.89 Å². The molecule has 0 aromatic carbocycles. The molecule has 0 aromatic rings. The summed E-state index contributed by atoms with van der Waals surface area (Å²) in [5.41, 5.74) is 0.324. The smallest absolute Gasteiger partial charge is 0.156 e. The van der Waals surface area contributed by atoms with E-state index in [0.29, 0.717) is 17.5 Å². The second-order valence-corrected chi connectivity index (χ2v) is 7.85. The van der Waals surface area contributed by atoms with E-state index in [4.69, 9.17) is 4.99 Å². The molecule has 0 bridgehead atoms. The van der Waals surface area contributed by atoms with Gasteiger partial charge in [0.2, 0.25) is 0 Å².